The van der Waals surface area contributed by atoms with E-state index in [-0.39, 0.29) is 0 Å². The number of esters is 2. The second kappa shape index (κ2) is 14.2. The Morgan fingerprint density at radius 3 is 1.45 bits per heavy atom. The molecule has 0 aliphatic heterocycles. The molecule has 0 aliphatic rings. The number of para-hydroxylation sites is 2. The summed E-state index contributed by atoms with van der Waals surface area (Å²) in [6.45, 7) is 5.04. The Labute approximate surface area is 185 Å². The molecule has 0 spiro atoms. The SMILES string of the molecule is CCCCCCOC(=O)c1ccccc1Oc1ccccc1C(=O)OCCCCCC. The lowest BCUT2D eigenvalue weighted by molar-refractivity contribution is 0.0490. The van der Waals surface area contributed by atoms with Crippen LogP contribution in [0.4, 0.5) is 0 Å². The molecule has 31 heavy (non-hydrogen) atoms. The maximum Gasteiger partial charge on any atom is 0.341 e. The summed E-state index contributed by atoms with van der Waals surface area (Å²) < 4.78 is 16.8. The van der Waals surface area contributed by atoms with Crippen molar-refractivity contribution in [3.05, 3.63) is 59.7 Å². The molecule has 0 atom stereocenters. The smallest absolute Gasteiger partial charge is 0.341 e. The molecule has 2 aromatic carbocycles. The molecule has 0 amide bonds. The summed E-state index contributed by atoms with van der Waals surface area (Å²) in [4.78, 5) is 25.1. The molecule has 168 valence electrons. The van der Waals surface area contributed by atoms with Crippen molar-refractivity contribution >= 4 is 11.9 Å². The number of benzene rings is 2. The van der Waals surface area contributed by atoms with Crippen LogP contribution < -0.4 is 4.74 Å². The molecule has 0 N–H and O–H groups in total. The van der Waals surface area contributed by atoms with Gasteiger partial charge >= 0.3 is 11.9 Å². The summed E-state index contributed by atoms with van der Waals surface area (Å²) >= 11 is 0. The van der Waals surface area contributed by atoms with E-state index in [1.807, 2.05) is 0 Å². The van der Waals surface area contributed by atoms with Crippen molar-refractivity contribution in [2.45, 2.75) is 65.2 Å². The van der Waals surface area contributed by atoms with Gasteiger partial charge in [0.05, 0.1) is 13.2 Å². The highest BCUT2D eigenvalue weighted by Gasteiger charge is 2.18. The van der Waals surface area contributed by atoms with E-state index in [4.69, 9.17) is 14.2 Å². The molecule has 5 nitrogen and oxygen atoms in total. The van der Waals surface area contributed by atoms with Crippen LogP contribution in [0.3, 0.4) is 0 Å². The first-order valence-electron chi connectivity index (χ1n) is 11.4. The second-order valence-corrected chi connectivity index (χ2v) is 7.49. The van der Waals surface area contributed by atoms with Crippen molar-refractivity contribution in [1.29, 1.82) is 0 Å². The van der Waals surface area contributed by atoms with Gasteiger partial charge in [-0.1, -0.05) is 76.6 Å². The molecule has 0 unspecified atom stereocenters. The molecule has 0 saturated heterocycles. The highest BCUT2D eigenvalue weighted by Crippen LogP contribution is 2.29. The number of ether oxygens (including phenoxy) is 3. The molecule has 0 aliphatic carbocycles. The van der Waals surface area contributed by atoms with E-state index in [0.29, 0.717) is 35.8 Å². The van der Waals surface area contributed by atoms with Crippen LogP contribution in [0.5, 0.6) is 11.5 Å². The Morgan fingerprint density at radius 1 is 0.613 bits per heavy atom. The lowest BCUT2D eigenvalue weighted by atomic mass is 10.1. The summed E-state index contributed by atoms with van der Waals surface area (Å²) in [6.07, 6.45) is 8.28. The lowest BCUT2D eigenvalue weighted by Crippen LogP contribution is -2.10. The zero-order valence-corrected chi connectivity index (χ0v) is 18.7. The molecular weight excluding hydrogens is 392 g/mol. The zero-order valence-electron chi connectivity index (χ0n) is 18.7. The average Bonchev–Trinajstić information content (AvgIpc) is 2.79. The number of rotatable bonds is 14. The first kappa shape index (κ1) is 24.4. The summed E-state index contributed by atoms with van der Waals surface area (Å²) in [5, 5.41) is 0. The van der Waals surface area contributed by atoms with Gasteiger partial charge in [-0.05, 0) is 37.1 Å². The zero-order chi connectivity index (χ0) is 22.3. The lowest BCUT2D eigenvalue weighted by Gasteiger charge is -2.13. The van der Waals surface area contributed by atoms with Crippen molar-refractivity contribution in [2.75, 3.05) is 13.2 Å². The Morgan fingerprint density at radius 2 is 1.03 bits per heavy atom. The molecule has 5 heteroatoms. The Hall–Kier alpha value is -2.82. The third-order valence-corrected chi connectivity index (χ3v) is 4.90. The summed E-state index contributed by atoms with van der Waals surface area (Å²) in [5.41, 5.74) is 0.668. The number of hydrogen-bond donors (Lipinski definition) is 0. The highest BCUT2D eigenvalue weighted by atomic mass is 16.5. The third-order valence-electron chi connectivity index (χ3n) is 4.90. The minimum Gasteiger partial charge on any atom is -0.462 e. The third kappa shape index (κ3) is 8.44. The minimum absolute atomic E-state index is 0.334. The Kier molecular flexibility index (Phi) is 11.2. The number of hydrogen-bond acceptors (Lipinski definition) is 5. The first-order valence-corrected chi connectivity index (χ1v) is 11.4. The average molecular weight is 427 g/mol. The van der Waals surface area contributed by atoms with Crippen LogP contribution in [0.2, 0.25) is 0 Å². The van der Waals surface area contributed by atoms with Gasteiger partial charge in [-0.2, -0.15) is 0 Å². The molecule has 0 heterocycles. The van der Waals surface area contributed by atoms with E-state index in [0.717, 1.165) is 51.4 Å². The molecule has 0 bridgehead atoms. The topological polar surface area (TPSA) is 61.8 Å². The summed E-state index contributed by atoms with van der Waals surface area (Å²) in [5.74, 6) is -0.153. The van der Waals surface area contributed by atoms with Gasteiger partial charge in [0.25, 0.3) is 0 Å². The van der Waals surface area contributed by atoms with Gasteiger partial charge in [0.15, 0.2) is 0 Å². The normalized spacial score (nSPS) is 10.5. The van der Waals surface area contributed by atoms with E-state index < -0.39 is 11.9 Å². The van der Waals surface area contributed by atoms with Gasteiger partial charge < -0.3 is 14.2 Å². The standard InChI is InChI=1S/C26H34O5/c1-3-5-7-13-19-29-25(27)21-15-9-11-17-23(21)31-24-18-12-10-16-22(24)26(28)30-20-14-8-6-4-2/h9-12,15-18H,3-8,13-14,19-20H2,1-2H3. The largest absolute Gasteiger partial charge is 0.462 e. The molecule has 0 aromatic heterocycles. The second-order valence-electron chi connectivity index (χ2n) is 7.49. The van der Waals surface area contributed by atoms with E-state index >= 15 is 0 Å². The monoisotopic (exact) mass is 426 g/mol. The quantitative estimate of drug-likeness (QED) is 0.241. The molecule has 0 fully saturated rings. The predicted octanol–water partition coefficient (Wildman–Crippen LogP) is 6.95. The van der Waals surface area contributed by atoms with Crippen LogP contribution >= 0.6 is 0 Å². The maximum absolute atomic E-state index is 12.5. The Bertz CT molecular complexity index is 747. The van der Waals surface area contributed by atoms with Crippen molar-refractivity contribution in [3.8, 4) is 11.5 Å². The van der Waals surface area contributed by atoms with Crippen LogP contribution in [-0.4, -0.2) is 25.2 Å². The van der Waals surface area contributed by atoms with E-state index in [2.05, 4.69) is 13.8 Å². The number of carbonyl (C=O) groups excluding carboxylic acids is 2. The first-order chi connectivity index (χ1) is 15.2. The van der Waals surface area contributed by atoms with Crippen molar-refractivity contribution in [2.24, 2.45) is 0 Å². The fourth-order valence-corrected chi connectivity index (χ4v) is 3.11. The molecule has 0 saturated carbocycles. The van der Waals surface area contributed by atoms with Gasteiger partial charge in [0.2, 0.25) is 0 Å². The van der Waals surface area contributed by atoms with Crippen LogP contribution in [0, 0.1) is 0 Å². The van der Waals surface area contributed by atoms with Crippen molar-refractivity contribution in [1.82, 2.24) is 0 Å². The summed E-state index contributed by atoms with van der Waals surface area (Å²) in [7, 11) is 0. The van der Waals surface area contributed by atoms with Gasteiger partial charge in [0.1, 0.15) is 22.6 Å². The van der Waals surface area contributed by atoms with Crippen LogP contribution in [0.1, 0.15) is 85.9 Å². The van der Waals surface area contributed by atoms with Gasteiger partial charge in [-0.3, -0.25) is 0 Å². The molecule has 2 rings (SSSR count). The fraction of sp³-hybridized carbons (Fsp3) is 0.462. The van der Waals surface area contributed by atoms with E-state index in [9.17, 15) is 9.59 Å². The van der Waals surface area contributed by atoms with Crippen LogP contribution in [0.25, 0.3) is 0 Å². The molecular formula is C26H34O5. The van der Waals surface area contributed by atoms with Crippen molar-refractivity contribution in [3.63, 3.8) is 0 Å². The van der Waals surface area contributed by atoms with E-state index in [1.54, 1.807) is 48.5 Å². The van der Waals surface area contributed by atoms with Gasteiger partial charge in [0, 0.05) is 0 Å². The summed E-state index contributed by atoms with van der Waals surface area (Å²) in [6, 6.07) is 13.8. The van der Waals surface area contributed by atoms with Crippen molar-refractivity contribution < 1.29 is 23.8 Å². The number of unbranched alkanes of at least 4 members (excludes halogenated alkanes) is 6. The van der Waals surface area contributed by atoms with Gasteiger partial charge in [-0.15, -0.1) is 0 Å². The maximum atomic E-state index is 12.5. The van der Waals surface area contributed by atoms with Crippen LogP contribution in [0.15, 0.2) is 48.5 Å². The van der Waals surface area contributed by atoms with E-state index in [1.165, 1.54) is 0 Å². The molecule has 0 radical (unpaired) electrons. The number of carbonyl (C=O) groups is 2. The minimum atomic E-state index is -0.428. The molecule has 2 aromatic rings. The predicted molar refractivity (Wildman–Crippen MR) is 122 cm³/mol. The Balaban J connectivity index is 2.03. The highest BCUT2D eigenvalue weighted by molar-refractivity contribution is 5.94. The van der Waals surface area contributed by atoms with Crippen LogP contribution in [-0.2, 0) is 9.47 Å². The van der Waals surface area contributed by atoms with Gasteiger partial charge in [-0.25, -0.2) is 9.59 Å². The fourth-order valence-electron chi connectivity index (χ4n) is 3.11.